The van der Waals surface area contributed by atoms with Crippen molar-refractivity contribution in [3.63, 3.8) is 0 Å². The zero-order chi connectivity index (χ0) is 24.7. The molecule has 3 heteroatoms. The Balaban J connectivity index is 1.58. The van der Waals surface area contributed by atoms with Gasteiger partial charge in [-0.3, -0.25) is 4.79 Å². The second-order valence-electron chi connectivity index (χ2n) is 15.0. The van der Waals surface area contributed by atoms with Gasteiger partial charge in [0.25, 0.3) is 0 Å². The molecule has 0 spiro atoms. The number of hydrogen-bond acceptors (Lipinski definition) is 3. The van der Waals surface area contributed by atoms with Crippen molar-refractivity contribution in [1.29, 1.82) is 0 Å². The summed E-state index contributed by atoms with van der Waals surface area (Å²) >= 11 is 0. The van der Waals surface area contributed by atoms with Crippen LogP contribution in [-0.2, 0) is 4.79 Å². The highest BCUT2D eigenvalue weighted by molar-refractivity contribution is 5.85. The van der Waals surface area contributed by atoms with Crippen LogP contribution in [-0.4, -0.2) is 27.2 Å². The van der Waals surface area contributed by atoms with Crippen molar-refractivity contribution in [3.05, 3.63) is 0 Å². The van der Waals surface area contributed by atoms with Crippen LogP contribution in [0.5, 0.6) is 0 Å². The molecule has 8 atom stereocenters. The van der Waals surface area contributed by atoms with Gasteiger partial charge < -0.3 is 10.2 Å². The highest BCUT2D eigenvalue weighted by atomic mass is 16.3. The third-order valence-electron chi connectivity index (χ3n) is 12.4. The van der Waals surface area contributed by atoms with Gasteiger partial charge in [0.2, 0.25) is 0 Å². The molecule has 0 radical (unpaired) electrons. The molecular formula is C30H52O3. The molecule has 3 nitrogen and oxygen atoms in total. The number of ketones is 1. The van der Waals surface area contributed by atoms with Crippen LogP contribution in [0.4, 0.5) is 0 Å². The molecule has 4 rings (SSSR count). The van der Waals surface area contributed by atoms with Gasteiger partial charge in [-0.05, 0) is 125 Å². The fourth-order valence-electron chi connectivity index (χ4n) is 10.4. The predicted octanol–water partition coefficient (Wildman–Crippen LogP) is 6.93. The average Bonchev–Trinajstić information content (AvgIpc) is 3.03. The summed E-state index contributed by atoms with van der Waals surface area (Å²) in [6, 6.07) is 0. The van der Waals surface area contributed by atoms with Crippen LogP contribution in [0.2, 0.25) is 0 Å². The smallest absolute Gasteiger partial charge is 0.138 e. The Kier molecular flexibility index (Phi) is 6.06. The Morgan fingerprint density at radius 3 is 2.09 bits per heavy atom. The van der Waals surface area contributed by atoms with E-state index in [1.165, 1.54) is 32.1 Å². The molecule has 8 unspecified atom stereocenters. The number of fused-ring (bicyclic) bond motifs is 5. The van der Waals surface area contributed by atoms with Crippen LogP contribution in [0.15, 0.2) is 0 Å². The molecule has 4 aliphatic carbocycles. The van der Waals surface area contributed by atoms with Gasteiger partial charge in [0, 0.05) is 11.8 Å². The number of rotatable bonds is 5. The lowest BCUT2D eigenvalue weighted by Crippen LogP contribution is -2.63. The van der Waals surface area contributed by atoms with Gasteiger partial charge in [-0.15, -0.1) is 0 Å². The minimum absolute atomic E-state index is 0.186. The third kappa shape index (κ3) is 3.78. The molecular weight excluding hydrogens is 408 g/mol. The fraction of sp³-hybridized carbons (Fsp3) is 0.967. The highest BCUT2D eigenvalue weighted by Crippen LogP contribution is 2.75. The zero-order valence-corrected chi connectivity index (χ0v) is 22.9. The molecule has 0 aromatic heterocycles. The Hall–Kier alpha value is -0.410. The summed E-state index contributed by atoms with van der Waals surface area (Å²) in [7, 11) is 0. The number of aliphatic hydroxyl groups is 2. The molecule has 4 aliphatic rings. The topological polar surface area (TPSA) is 57.5 Å². The first-order valence-electron chi connectivity index (χ1n) is 14.0. The summed E-state index contributed by atoms with van der Waals surface area (Å²) < 4.78 is 0. The van der Waals surface area contributed by atoms with Crippen molar-refractivity contribution in [1.82, 2.24) is 0 Å². The Morgan fingerprint density at radius 1 is 0.818 bits per heavy atom. The van der Waals surface area contributed by atoms with Gasteiger partial charge in [-0.1, -0.05) is 34.6 Å². The van der Waals surface area contributed by atoms with Gasteiger partial charge in [0.15, 0.2) is 0 Å². The Bertz CT molecular complexity index is 776. The molecule has 0 aliphatic heterocycles. The van der Waals surface area contributed by atoms with Crippen LogP contribution in [0.1, 0.15) is 126 Å². The van der Waals surface area contributed by atoms with E-state index in [1.807, 2.05) is 13.8 Å². The first kappa shape index (κ1) is 25.7. The molecule has 4 saturated carbocycles. The summed E-state index contributed by atoms with van der Waals surface area (Å²) in [5.74, 6) is 2.60. The SMILES string of the molecule is CC(C)(O)CCCC(C)(O)C1CCC2(C)C1CCC1C3(C)CCC(=O)C(C)(C)C3CCC12C. The minimum Gasteiger partial charge on any atom is -0.390 e. The van der Waals surface area contributed by atoms with E-state index >= 15 is 0 Å². The van der Waals surface area contributed by atoms with Gasteiger partial charge >= 0.3 is 0 Å². The maximum absolute atomic E-state index is 12.9. The van der Waals surface area contributed by atoms with Crippen molar-refractivity contribution >= 4 is 5.78 Å². The molecule has 0 saturated heterocycles. The Morgan fingerprint density at radius 2 is 1.45 bits per heavy atom. The summed E-state index contributed by atoms with van der Waals surface area (Å²) in [6.45, 7) is 18.0. The molecule has 2 N–H and O–H groups in total. The van der Waals surface area contributed by atoms with E-state index in [4.69, 9.17) is 0 Å². The van der Waals surface area contributed by atoms with Crippen molar-refractivity contribution in [2.75, 3.05) is 0 Å². The van der Waals surface area contributed by atoms with E-state index in [1.54, 1.807) is 0 Å². The number of Topliss-reactive ketones (excluding diaryl/α,β-unsaturated/α-hetero) is 1. The van der Waals surface area contributed by atoms with Crippen LogP contribution in [0.25, 0.3) is 0 Å². The predicted molar refractivity (Wildman–Crippen MR) is 135 cm³/mol. The monoisotopic (exact) mass is 460 g/mol. The van der Waals surface area contributed by atoms with Crippen molar-refractivity contribution < 1.29 is 15.0 Å². The lowest BCUT2D eigenvalue weighted by molar-refractivity contribution is -0.207. The van der Waals surface area contributed by atoms with Gasteiger partial charge in [-0.25, -0.2) is 0 Å². The standard InChI is InChI=1S/C30H52O3/c1-25(2,32)15-9-16-30(8,33)21-12-18-28(6)20(21)10-11-23-27(5)17-14-24(31)26(3,4)22(27)13-19-29(23,28)7/h20-23,32-33H,9-19H2,1-8H3. The van der Waals surface area contributed by atoms with Crippen molar-refractivity contribution in [2.24, 2.45) is 45.3 Å². The van der Waals surface area contributed by atoms with Crippen LogP contribution in [0.3, 0.4) is 0 Å². The van der Waals surface area contributed by atoms with Gasteiger partial charge in [-0.2, -0.15) is 0 Å². The van der Waals surface area contributed by atoms with Crippen molar-refractivity contribution in [2.45, 2.75) is 137 Å². The lowest BCUT2D eigenvalue weighted by Gasteiger charge is -2.69. The first-order valence-corrected chi connectivity index (χ1v) is 14.0. The minimum atomic E-state index is -0.658. The average molecular weight is 461 g/mol. The molecule has 0 heterocycles. The summed E-state index contributed by atoms with van der Waals surface area (Å²) in [5, 5.41) is 21.8. The molecule has 0 amide bonds. The molecule has 4 fully saturated rings. The largest absolute Gasteiger partial charge is 0.390 e. The molecule has 0 aromatic rings. The van der Waals surface area contributed by atoms with E-state index < -0.39 is 11.2 Å². The maximum Gasteiger partial charge on any atom is 0.138 e. The zero-order valence-electron chi connectivity index (χ0n) is 22.9. The number of hydrogen-bond donors (Lipinski definition) is 2. The van der Waals surface area contributed by atoms with E-state index in [2.05, 4.69) is 41.5 Å². The van der Waals surface area contributed by atoms with E-state index in [-0.39, 0.29) is 21.7 Å². The molecule has 33 heavy (non-hydrogen) atoms. The highest BCUT2D eigenvalue weighted by Gasteiger charge is 2.69. The first-order chi connectivity index (χ1) is 15.0. The Labute approximate surface area is 203 Å². The van der Waals surface area contributed by atoms with E-state index in [9.17, 15) is 15.0 Å². The number of carbonyl (C=O) groups is 1. The third-order valence-corrected chi connectivity index (χ3v) is 12.4. The summed E-state index contributed by atoms with van der Waals surface area (Å²) in [5.41, 5.74) is -0.692. The maximum atomic E-state index is 12.9. The normalized spacial score (nSPS) is 46.8. The van der Waals surface area contributed by atoms with Gasteiger partial charge in [0.05, 0.1) is 11.2 Å². The summed E-state index contributed by atoms with van der Waals surface area (Å²) in [4.78, 5) is 12.9. The fourth-order valence-corrected chi connectivity index (χ4v) is 10.4. The second-order valence-corrected chi connectivity index (χ2v) is 15.0. The van der Waals surface area contributed by atoms with E-state index in [0.29, 0.717) is 29.5 Å². The van der Waals surface area contributed by atoms with Crippen LogP contribution in [0, 0.1) is 45.3 Å². The van der Waals surface area contributed by atoms with Crippen LogP contribution >= 0.6 is 0 Å². The number of carbonyl (C=O) groups excluding carboxylic acids is 1. The van der Waals surface area contributed by atoms with E-state index in [0.717, 1.165) is 38.5 Å². The van der Waals surface area contributed by atoms with Crippen LogP contribution < -0.4 is 0 Å². The molecule has 0 aromatic carbocycles. The summed E-state index contributed by atoms with van der Waals surface area (Å²) in [6.07, 6.45) is 11.5. The molecule has 190 valence electrons. The quantitative estimate of drug-likeness (QED) is 0.467. The second kappa shape index (κ2) is 7.79. The lowest BCUT2D eigenvalue weighted by atomic mass is 9.35. The van der Waals surface area contributed by atoms with Crippen molar-refractivity contribution in [3.8, 4) is 0 Å². The van der Waals surface area contributed by atoms with Gasteiger partial charge in [0.1, 0.15) is 5.78 Å². The molecule has 0 bridgehead atoms.